The molecule has 1 heterocycles. The second-order valence-corrected chi connectivity index (χ2v) is 9.29. The maximum Gasteiger partial charge on any atom is 0.142 e. The van der Waals surface area contributed by atoms with Gasteiger partial charge in [-0.2, -0.15) is 0 Å². The maximum atomic E-state index is 6.31. The second-order valence-electron chi connectivity index (χ2n) is 9.29. The Kier molecular flexibility index (Phi) is 3.72. The fourth-order valence-corrected chi connectivity index (χ4v) is 5.97. The molecule has 0 saturated heterocycles. The molecule has 0 aliphatic heterocycles. The van der Waals surface area contributed by atoms with Gasteiger partial charge in [0.2, 0.25) is 0 Å². The lowest BCUT2D eigenvalue weighted by molar-refractivity contribution is 0.620. The van der Waals surface area contributed by atoms with Gasteiger partial charge >= 0.3 is 0 Å². The molecular weight excluding hydrogens is 424 g/mol. The molecule has 0 atom stereocenters. The zero-order valence-electron chi connectivity index (χ0n) is 19.0. The highest BCUT2D eigenvalue weighted by Crippen LogP contribution is 2.43. The van der Waals surface area contributed by atoms with Gasteiger partial charge in [-0.15, -0.1) is 0 Å². The van der Waals surface area contributed by atoms with Crippen LogP contribution in [0.25, 0.3) is 76.0 Å². The van der Waals surface area contributed by atoms with Crippen LogP contribution in [-0.2, 0) is 0 Å². The van der Waals surface area contributed by atoms with Gasteiger partial charge < -0.3 is 4.42 Å². The van der Waals surface area contributed by atoms with E-state index in [1.807, 2.05) is 6.26 Å². The lowest BCUT2D eigenvalue weighted by atomic mass is 9.89. The van der Waals surface area contributed by atoms with Crippen molar-refractivity contribution >= 4 is 64.8 Å². The predicted molar refractivity (Wildman–Crippen MR) is 149 cm³/mol. The van der Waals surface area contributed by atoms with Gasteiger partial charge in [-0.05, 0) is 66.2 Å². The molecule has 0 bridgehead atoms. The van der Waals surface area contributed by atoms with Crippen LogP contribution >= 0.6 is 0 Å². The Hall–Kier alpha value is -4.62. The van der Waals surface area contributed by atoms with Crippen LogP contribution in [0.2, 0.25) is 0 Å². The predicted octanol–water partition coefficient (Wildman–Crippen LogP) is 9.87. The van der Waals surface area contributed by atoms with Gasteiger partial charge in [-0.25, -0.2) is 0 Å². The fraction of sp³-hybridized carbons (Fsp3) is 0. The van der Waals surface area contributed by atoms with Gasteiger partial charge in [0, 0.05) is 16.3 Å². The smallest absolute Gasteiger partial charge is 0.142 e. The van der Waals surface area contributed by atoms with Crippen molar-refractivity contribution in [3.05, 3.63) is 122 Å². The van der Waals surface area contributed by atoms with Crippen LogP contribution in [0.15, 0.2) is 126 Å². The van der Waals surface area contributed by atoms with Crippen LogP contribution in [0.5, 0.6) is 0 Å². The molecule has 1 nitrogen and oxygen atoms in total. The van der Waals surface area contributed by atoms with Crippen LogP contribution in [0, 0.1) is 0 Å². The van der Waals surface area contributed by atoms with Gasteiger partial charge in [-0.1, -0.05) is 103 Å². The van der Waals surface area contributed by atoms with Crippen LogP contribution < -0.4 is 0 Å². The highest BCUT2D eigenvalue weighted by atomic mass is 16.3. The van der Waals surface area contributed by atoms with E-state index in [1.54, 1.807) is 0 Å². The number of furan rings is 1. The van der Waals surface area contributed by atoms with E-state index in [9.17, 15) is 0 Å². The van der Waals surface area contributed by atoms with Crippen LogP contribution in [-0.4, -0.2) is 0 Å². The molecule has 0 fully saturated rings. The summed E-state index contributed by atoms with van der Waals surface area (Å²) in [5, 5.41) is 13.7. The molecule has 1 heteroatoms. The summed E-state index contributed by atoms with van der Waals surface area (Å²) in [6.45, 7) is 0. The van der Waals surface area contributed by atoms with E-state index >= 15 is 0 Å². The van der Waals surface area contributed by atoms with Gasteiger partial charge in [0.15, 0.2) is 0 Å². The molecule has 0 amide bonds. The first-order valence-corrected chi connectivity index (χ1v) is 12.0. The normalized spacial score (nSPS) is 12.0. The molecule has 0 radical (unpaired) electrons. The van der Waals surface area contributed by atoms with E-state index in [4.69, 9.17) is 4.42 Å². The average molecular weight is 445 g/mol. The molecule has 0 spiro atoms. The van der Waals surface area contributed by atoms with E-state index in [1.165, 1.54) is 54.0 Å². The topological polar surface area (TPSA) is 13.1 Å². The SMILES string of the molecule is c1ccc2c(c1)ccc1c2ccc2c(-c3cccc4c5ccccc5c5ccccc5c34)coc21. The van der Waals surface area contributed by atoms with Crippen molar-refractivity contribution in [1.29, 1.82) is 0 Å². The zero-order chi connectivity index (χ0) is 22.9. The summed E-state index contributed by atoms with van der Waals surface area (Å²) in [5.74, 6) is 0. The molecule has 8 aromatic rings. The third-order valence-corrected chi connectivity index (χ3v) is 7.52. The van der Waals surface area contributed by atoms with Gasteiger partial charge in [0.25, 0.3) is 0 Å². The summed E-state index contributed by atoms with van der Waals surface area (Å²) >= 11 is 0. The molecular formula is C34H20O. The van der Waals surface area contributed by atoms with E-state index in [-0.39, 0.29) is 0 Å². The zero-order valence-corrected chi connectivity index (χ0v) is 19.0. The third kappa shape index (κ3) is 2.53. The van der Waals surface area contributed by atoms with Crippen LogP contribution in [0.3, 0.4) is 0 Å². The molecule has 8 rings (SSSR count). The quantitative estimate of drug-likeness (QED) is 0.230. The van der Waals surface area contributed by atoms with E-state index in [0.29, 0.717) is 0 Å². The Balaban J connectivity index is 1.51. The van der Waals surface area contributed by atoms with Crippen molar-refractivity contribution in [2.24, 2.45) is 0 Å². The van der Waals surface area contributed by atoms with Crippen LogP contribution in [0.4, 0.5) is 0 Å². The van der Waals surface area contributed by atoms with Crippen molar-refractivity contribution in [2.75, 3.05) is 0 Å². The Morgan fingerprint density at radius 2 is 0.886 bits per heavy atom. The van der Waals surface area contributed by atoms with Gasteiger partial charge in [0.05, 0.1) is 6.26 Å². The Labute approximate surface area is 201 Å². The van der Waals surface area contributed by atoms with Crippen molar-refractivity contribution < 1.29 is 4.42 Å². The Morgan fingerprint density at radius 1 is 0.343 bits per heavy atom. The largest absolute Gasteiger partial charge is 0.463 e. The number of hydrogen-bond donors (Lipinski definition) is 0. The Bertz CT molecular complexity index is 2060. The molecule has 0 aliphatic carbocycles. The van der Waals surface area contributed by atoms with Crippen molar-refractivity contribution in [3.63, 3.8) is 0 Å². The summed E-state index contributed by atoms with van der Waals surface area (Å²) in [5.41, 5.74) is 3.30. The second kappa shape index (κ2) is 6.94. The highest BCUT2D eigenvalue weighted by Gasteiger charge is 2.17. The van der Waals surface area contributed by atoms with E-state index in [0.717, 1.165) is 21.9 Å². The lowest BCUT2D eigenvalue weighted by Gasteiger charge is -2.13. The molecule has 0 saturated carbocycles. The standard InChI is InChI=1S/C34H20O/c1-2-9-22-21(8-1)16-17-30-26(22)18-19-31-32(20-35-34(30)31)29-15-7-14-28-25-11-4-3-10-23(25)24-12-5-6-13-27(24)33(28)29/h1-20H. The van der Waals surface area contributed by atoms with E-state index < -0.39 is 0 Å². The van der Waals surface area contributed by atoms with Gasteiger partial charge in [0.1, 0.15) is 5.58 Å². The summed E-state index contributed by atoms with van der Waals surface area (Å²) in [6, 6.07) is 41.5. The summed E-state index contributed by atoms with van der Waals surface area (Å²) < 4.78 is 6.31. The maximum absolute atomic E-state index is 6.31. The molecule has 0 unspecified atom stereocenters. The van der Waals surface area contributed by atoms with Crippen molar-refractivity contribution in [2.45, 2.75) is 0 Å². The monoisotopic (exact) mass is 444 g/mol. The molecule has 0 N–H and O–H groups in total. The third-order valence-electron chi connectivity index (χ3n) is 7.52. The molecule has 162 valence electrons. The number of hydrogen-bond acceptors (Lipinski definition) is 1. The number of rotatable bonds is 1. The number of benzene rings is 7. The molecule has 0 aliphatic rings. The number of fused-ring (bicyclic) bond motifs is 11. The summed E-state index contributed by atoms with van der Waals surface area (Å²) in [6.07, 6.45) is 1.94. The minimum atomic E-state index is 0.949. The van der Waals surface area contributed by atoms with Crippen molar-refractivity contribution in [3.8, 4) is 11.1 Å². The average Bonchev–Trinajstić information content (AvgIpc) is 3.37. The van der Waals surface area contributed by atoms with Crippen LogP contribution in [0.1, 0.15) is 0 Å². The first kappa shape index (κ1) is 18.8. The first-order valence-electron chi connectivity index (χ1n) is 12.0. The minimum Gasteiger partial charge on any atom is -0.463 e. The lowest BCUT2D eigenvalue weighted by Crippen LogP contribution is -1.86. The Morgan fingerprint density at radius 3 is 1.66 bits per heavy atom. The molecule has 35 heavy (non-hydrogen) atoms. The fourth-order valence-electron chi connectivity index (χ4n) is 5.97. The summed E-state index contributed by atoms with van der Waals surface area (Å²) in [4.78, 5) is 0. The highest BCUT2D eigenvalue weighted by molar-refractivity contribution is 6.29. The minimum absolute atomic E-state index is 0.949. The molecule has 1 aromatic heterocycles. The van der Waals surface area contributed by atoms with Gasteiger partial charge in [-0.3, -0.25) is 0 Å². The first-order chi connectivity index (χ1) is 17.4. The summed E-state index contributed by atoms with van der Waals surface area (Å²) in [7, 11) is 0. The van der Waals surface area contributed by atoms with Crippen molar-refractivity contribution in [1.82, 2.24) is 0 Å². The van der Waals surface area contributed by atoms with E-state index in [2.05, 4.69) is 115 Å². The molecule has 7 aromatic carbocycles.